The van der Waals surface area contributed by atoms with Crippen LogP contribution in [-0.4, -0.2) is 30.4 Å². The Kier molecular flexibility index (Phi) is 5.08. The number of halogens is 1. The first kappa shape index (κ1) is 12.8. The van der Waals surface area contributed by atoms with Gasteiger partial charge in [0.05, 0.1) is 11.1 Å². The van der Waals surface area contributed by atoms with Crippen molar-refractivity contribution < 1.29 is 19.4 Å². The van der Waals surface area contributed by atoms with E-state index in [1.54, 1.807) is 24.3 Å². The zero-order valence-corrected chi connectivity index (χ0v) is 9.31. The Morgan fingerprint density at radius 1 is 1.50 bits per heavy atom. The average Bonchev–Trinajstić information content (AvgIpc) is 2.25. The molecular weight excluding hydrogens is 232 g/mol. The summed E-state index contributed by atoms with van der Waals surface area (Å²) in [7, 11) is 0. The standard InChI is InChI=1S/C11H12ClO4/c1-8(13)6-16-11(14)7-15-10-5-3-2-4-9(10)12/h2-5,8,13H,1,6-7H2. The van der Waals surface area contributed by atoms with Gasteiger partial charge in [0.1, 0.15) is 12.4 Å². The van der Waals surface area contributed by atoms with Crippen LogP contribution in [0.1, 0.15) is 0 Å². The summed E-state index contributed by atoms with van der Waals surface area (Å²) in [6.45, 7) is 2.86. The second-order valence-electron chi connectivity index (χ2n) is 3.06. The molecule has 0 spiro atoms. The van der Waals surface area contributed by atoms with Crippen LogP contribution in [0.15, 0.2) is 24.3 Å². The van der Waals surface area contributed by atoms with Crippen molar-refractivity contribution in [2.45, 2.75) is 6.10 Å². The number of aliphatic hydroxyl groups is 1. The fourth-order valence-electron chi connectivity index (χ4n) is 0.929. The Hall–Kier alpha value is -1.26. The van der Waals surface area contributed by atoms with Crippen LogP contribution >= 0.6 is 11.6 Å². The molecule has 0 heterocycles. The number of hydrogen-bond donors (Lipinski definition) is 1. The largest absolute Gasteiger partial charge is 0.480 e. The maximum absolute atomic E-state index is 11.1. The molecule has 1 aromatic rings. The van der Waals surface area contributed by atoms with Gasteiger partial charge in [-0.15, -0.1) is 0 Å². The van der Waals surface area contributed by atoms with Gasteiger partial charge < -0.3 is 14.6 Å². The van der Waals surface area contributed by atoms with Gasteiger partial charge in [0.15, 0.2) is 6.61 Å². The molecule has 87 valence electrons. The number of carbonyl (C=O) groups is 1. The van der Waals surface area contributed by atoms with Gasteiger partial charge in [-0.1, -0.05) is 23.7 Å². The van der Waals surface area contributed by atoms with Crippen molar-refractivity contribution in [3.05, 3.63) is 36.2 Å². The summed E-state index contributed by atoms with van der Waals surface area (Å²) in [6, 6.07) is 6.80. The van der Waals surface area contributed by atoms with E-state index in [2.05, 4.69) is 11.7 Å². The SMILES string of the molecule is [CH2]C(O)COC(=O)COc1ccccc1Cl. The van der Waals surface area contributed by atoms with Crippen molar-refractivity contribution in [2.24, 2.45) is 0 Å². The van der Waals surface area contributed by atoms with Crippen LogP contribution in [0.4, 0.5) is 0 Å². The van der Waals surface area contributed by atoms with Gasteiger partial charge in [0.2, 0.25) is 0 Å². The molecule has 4 nitrogen and oxygen atoms in total. The zero-order chi connectivity index (χ0) is 12.0. The Morgan fingerprint density at radius 2 is 2.19 bits per heavy atom. The van der Waals surface area contributed by atoms with Crippen LogP contribution in [0.3, 0.4) is 0 Å². The zero-order valence-electron chi connectivity index (χ0n) is 8.56. The number of esters is 1. The third-order valence-electron chi connectivity index (χ3n) is 1.62. The maximum atomic E-state index is 11.1. The maximum Gasteiger partial charge on any atom is 0.344 e. The van der Waals surface area contributed by atoms with Gasteiger partial charge in [-0.2, -0.15) is 0 Å². The van der Waals surface area contributed by atoms with Crippen molar-refractivity contribution in [1.29, 1.82) is 0 Å². The summed E-state index contributed by atoms with van der Waals surface area (Å²) in [5, 5.41) is 9.20. The van der Waals surface area contributed by atoms with Crippen molar-refractivity contribution >= 4 is 17.6 Å². The summed E-state index contributed by atoms with van der Waals surface area (Å²) in [5.41, 5.74) is 0. The number of hydrogen-bond acceptors (Lipinski definition) is 4. The van der Waals surface area contributed by atoms with E-state index in [0.29, 0.717) is 10.8 Å². The molecule has 0 aliphatic carbocycles. The summed E-state index contributed by atoms with van der Waals surface area (Å²) < 4.78 is 9.77. The minimum Gasteiger partial charge on any atom is -0.480 e. The number of benzene rings is 1. The molecule has 0 aliphatic rings. The Balaban J connectivity index is 2.35. The lowest BCUT2D eigenvalue weighted by atomic mass is 10.3. The molecule has 16 heavy (non-hydrogen) atoms. The second-order valence-corrected chi connectivity index (χ2v) is 3.46. The van der Waals surface area contributed by atoms with Crippen LogP contribution < -0.4 is 4.74 Å². The number of rotatable bonds is 5. The smallest absolute Gasteiger partial charge is 0.344 e. The van der Waals surface area contributed by atoms with Crippen LogP contribution in [0, 0.1) is 6.92 Å². The molecule has 0 saturated carbocycles. The predicted molar refractivity (Wildman–Crippen MR) is 59.3 cm³/mol. The van der Waals surface area contributed by atoms with E-state index in [9.17, 15) is 4.79 Å². The highest BCUT2D eigenvalue weighted by Crippen LogP contribution is 2.22. The van der Waals surface area contributed by atoms with E-state index in [1.807, 2.05) is 0 Å². The normalized spacial score (nSPS) is 11.9. The molecule has 0 fully saturated rings. The highest BCUT2D eigenvalue weighted by Gasteiger charge is 2.07. The van der Waals surface area contributed by atoms with Crippen LogP contribution in [0.5, 0.6) is 5.75 Å². The minimum atomic E-state index is -0.927. The van der Waals surface area contributed by atoms with E-state index >= 15 is 0 Å². The van der Waals surface area contributed by atoms with E-state index in [1.165, 1.54) is 0 Å². The third-order valence-corrected chi connectivity index (χ3v) is 1.93. The molecule has 1 aromatic carbocycles. The molecule has 1 radical (unpaired) electrons. The molecular formula is C11H12ClO4. The first-order valence-electron chi connectivity index (χ1n) is 4.63. The van der Waals surface area contributed by atoms with Gasteiger partial charge in [-0.3, -0.25) is 0 Å². The molecule has 0 bridgehead atoms. The topological polar surface area (TPSA) is 55.8 Å². The molecule has 1 N–H and O–H groups in total. The predicted octanol–water partition coefficient (Wildman–Crippen LogP) is 1.46. The summed E-state index contributed by atoms with van der Waals surface area (Å²) >= 11 is 5.81. The molecule has 0 amide bonds. The first-order chi connectivity index (χ1) is 7.59. The highest BCUT2D eigenvalue weighted by atomic mass is 35.5. The quantitative estimate of drug-likeness (QED) is 0.796. The van der Waals surface area contributed by atoms with Crippen LogP contribution in [-0.2, 0) is 9.53 Å². The molecule has 1 rings (SSSR count). The summed E-state index contributed by atoms with van der Waals surface area (Å²) in [4.78, 5) is 11.1. The van der Waals surface area contributed by atoms with Gasteiger partial charge in [-0.05, 0) is 19.1 Å². The Bertz CT molecular complexity index is 352. The summed E-state index contributed by atoms with van der Waals surface area (Å²) in [5.74, 6) is -0.168. The van der Waals surface area contributed by atoms with Crippen molar-refractivity contribution in [3.8, 4) is 5.75 Å². The number of para-hydroxylation sites is 1. The van der Waals surface area contributed by atoms with E-state index in [-0.39, 0.29) is 13.2 Å². The summed E-state index contributed by atoms with van der Waals surface area (Å²) in [6.07, 6.45) is -0.927. The lowest BCUT2D eigenvalue weighted by molar-refractivity contribution is -0.148. The van der Waals surface area contributed by atoms with Crippen molar-refractivity contribution in [3.63, 3.8) is 0 Å². The Morgan fingerprint density at radius 3 is 2.81 bits per heavy atom. The Labute approximate surface area is 98.7 Å². The minimum absolute atomic E-state index is 0.148. The fourth-order valence-corrected chi connectivity index (χ4v) is 1.12. The van der Waals surface area contributed by atoms with E-state index in [4.69, 9.17) is 21.4 Å². The van der Waals surface area contributed by atoms with Crippen LogP contribution in [0.2, 0.25) is 5.02 Å². The lowest BCUT2D eigenvalue weighted by Gasteiger charge is -2.08. The molecule has 1 unspecified atom stereocenters. The van der Waals surface area contributed by atoms with Crippen LogP contribution in [0.25, 0.3) is 0 Å². The third kappa shape index (κ3) is 4.51. The average molecular weight is 244 g/mol. The fraction of sp³-hybridized carbons (Fsp3) is 0.273. The number of carbonyl (C=O) groups excluding carboxylic acids is 1. The van der Waals surface area contributed by atoms with E-state index < -0.39 is 12.1 Å². The van der Waals surface area contributed by atoms with Crippen molar-refractivity contribution in [1.82, 2.24) is 0 Å². The first-order valence-corrected chi connectivity index (χ1v) is 5.01. The van der Waals surface area contributed by atoms with Gasteiger partial charge >= 0.3 is 5.97 Å². The van der Waals surface area contributed by atoms with Crippen molar-refractivity contribution in [2.75, 3.05) is 13.2 Å². The van der Waals surface area contributed by atoms with Gasteiger partial charge in [-0.25, -0.2) is 4.79 Å². The monoisotopic (exact) mass is 243 g/mol. The molecule has 0 aromatic heterocycles. The molecule has 1 atom stereocenters. The van der Waals surface area contributed by atoms with Gasteiger partial charge in [0.25, 0.3) is 0 Å². The molecule has 0 aliphatic heterocycles. The number of aliphatic hydroxyl groups excluding tert-OH is 1. The second kappa shape index (κ2) is 6.35. The lowest BCUT2D eigenvalue weighted by Crippen LogP contribution is -2.20. The van der Waals surface area contributed by atoms with Gasteiger partial charge in [0, 0.05) is 0 Å². The van der Waals surface area contributed by atoms with E-state index in [0.717, 1.165) is 0 Å². The highest BCUT2D eigenvalue weighted by molar-refractivity contribution is 6.32. The number of ether oxygens (including phenoxy) is 2. The molecule has 5 heteroatoms. The molecule has 0 saturated heterocycles.